The van der Waals surface area contributed by atoms with E-state index in [1.165, 1.54) is 83.5 Å². The molecule has 0 fully saturated rings. The molecule has 0 spiro atoms. The Hall–Kier alpha value is 1.07. The average molecular weight is 338 g/mol. The van der Waals surface area contributed by atoms with Crippen LogP contribution in [0.15, 0.2) is 0 Å². The first-order valence-corrected chi connectivity index (χ1v) is 9.18. The molecule has 0 unspecified atom stereocenters. The summed E-state index contributed by atoms with van der Waals surface area (Å²) in [5.74, 6) is -1.01. The van der Waals surface area contributed by atoms with Gasteiger partial charge in [0.25, 0.3) is 0 Å². The minimum absolute atomic E-state index is 0. The summed E-state index contributed by atoms with van der Waals surface area (Å²) in [6, 6.07) is 0. The van der Waals surface area contributed by atoms with E-state index in [4.69, 9.17) is 0 Å². The predicted molar refractivity (Wildman–Crippen MR) is 88.2 cm³/mol. The first-order valence-electron chi connectivity index (χ1n) is 9.18. The molecule has 0 bridgehead atoms. The number of carboxylic acids is 1. The third-order valence-corrected chi connectivity index (χ3v) is 3.98. The van der Waals surface area contributed by atoms with Gasteiger partial charge >= 0.3 is 51.4 Å². The summed E-state index contributed by atoms with van der Waals surface area (Å²) in [4.78, 5) is 10.2. The Bertz CT molecular complexity index is 225. The van der Waals surface area contributed by atoms with Crippen LogP contribution in [0.4, 0.5) is 0 Å². The summed E-state index contributed by atoms with van der Waals surface area (Å²) in [6.07, 6.45) is 18.9. The Labute approximate surface area is 180 Å². The molecule has 0 aliphatic carbocycles. The van der Waals surface area contributed by atoms with Crippen molar-refractivity contribution in [1.29, 1.82) is 0 Å². The summed E-state index contributed by atoms with van der Waals surface area (Å²) < 4.78 is 0. The number of unbranched alkanes of at least 4 members (excludes halogenated alkanes) is 13. The van der Waals surface area contributed by atoms with Crippen LogP contribution in [0.25, 0.3) is 0 Å². The number of carbonyl (C=O) groups excluding carboxylic acids is 1. The summed E-state index contributed by atoms with van der Waals surface area (Å²) in [7, 11) is 0. The summed E-state index contributed by atoms with van der Waals surface area (Å²) >= 11 is 0. The zero-order valence-corrected chi connectivity index (χ0v) is 18.3. The SMILES string of the molecule is CCCCCCCCCCCCCCCCNCC(=O)[O-].[K+]. The minimum Gasteiger partial charge on any atom is -0.549 e. The van der Waals surface area contributed by atoms with Crippen LogP contribution in [0.1, 0.15) is 96.8 Å². The first kappa shape index (κ1) is 25.3. The van der Waals surface area contributed by atoms with Crippen LogP contribution >= 0.6 is 0 Å². The van der Waals surface area contributed by atoms with Gasteiger partial charge < -0.3 is 15.2 Å². The van der Waals surface area contributed by atoms with E-state index in [0.717, 1.165) is 13.0 Å². The Balaban J connectivity index is 0. The monoisotopic (exact) mass is 337 g/mol. The standard InChI is InChI=1S/C18H37NO2.K/c1-2-3-4-5-6-7-8-9-10-11-12-13-14-15-16-19-17-18(20)21;/h19H,2-17H2,1H3,(H,20,21);/q;+1/p-1. The molecule has 1 N–H and O–H groups in total. The normalized spacial score (nSPS) is 10.4. The van der Waals surface area contributed by atoms with Crippen molar-refractivity contribution < 1.29 is 61.3 Å². The molecule has 0 aliphatic heterocycles. The second-order valence-corrected chi connectivity index (χ2v) is 6.14. The van der Waals surface area contributed by atoms with Gasteiger partial charge in [-0.1, -0.05) is 90.4 Å². The third kappa shape index (κ3) is 23.3. The molecule has 0 amide bonds. The maximum Gasteiger partial charge on any atom is 1.00 e. The minimum atomic E-state index is -1.01. The molecule has 3 nitrogen and oxygen atoms in total. The Kier molecular flexibility index (Phi) is 25.4. The molecule has 0 aromatic heterocycles. The molecule has 0 aliphatic rings. The topological polar surface area (TPSA) is 52.2 Å². The molecule has 0 saturated heterocycles. The van der Waals surface area contributed by atoms with Crippen molar-refractivity contribution in [3.8, 4) is 0 Å². The number of hydrogen-bond acceptors (Lipinski definition) is 3. The fourth-order valence-electron chi connectivity index (χ4n) is 2.63. The third-order valence-electron chi connectivity index (χ3n) is 3.98. The van der Waals surface area contributed by atoms with E-state index in [1.54, 1.807) is 0 Å². The zero-order valence-electron chi connectivity index (χ0n) is 15.1. The van der Waals surface area contributed by atoms with E-state index in [-0.39, 0.29) is 57.9 Å². The summed E-state index contributed by atoms with van der Waals surface area (Å²) in [5.41, 5.74) is 0. The van der Waals surface area contributed by atoms with E-state index >= 15 is 0 Å². The smallest absolute Gasteiger partial charge is 0.549 e. The summed E-state index contributed by atoms with van der Waals surface area (Å²) in [5, 5.41) is 13.0. The molecule has 0 saturated carbocycles. The molecular formula is C18H36KNO2. The number of nitrogens with one attached hydrogen (secondary N) is 1. The fraction of sp³-hybridized carbons (Fsp3) is 0.944. The zero-order chi connectivity index (χ0) is 15.6. The van der Waals surface area contributed by atoms with Gasteiger partial charge in [-0.25, -0.2) is 0 Å². The second-order valence-electron chi connectivity index (χ2n) is 6.14. The molecule has 0 radical (unpaired) electrons. The number of rotatable bonds is 17. The fourth-order valence-corrected chi connectivity index (χ4v) is 2.63. The molecule has 0 heterocycles. The molecule has 0 rings (SSSR count). The van der Waals surface area contributed by atoms with E-state index < -0.39 is 5.97 Å². The van der Waals surface area contributed by atoms with Gasteiger partial charge in [0.05, 0.1) is 5.97 Å². The largest absolute Gasteiger partial charge is 1.00 e. The Morgan fingerprint density at radius 2 is 1.09 bits per heavy atom. The number of carbonyl (C=O) groups is 1. The van der Waals surface area contributed by atoms with Crippen molar-refractivity contribution in [1.82, 2.24) is 5.32 Å². The van der Waals surface area contributed by atoms with Crippen molar-refractivity contribution >= 4 is 5.97 Å². The van der Waals surface area contributed by atoms with E-state index in [2.05, 4.69) is 12.2 Å². The quantitative estimate of drug-likeness (QED) is 0.316. The maximum absolute atomic E-state index is 10.2. The molecule has 4 heteroatoms. The number of carboxylic acid groups (broad SMARTS) is 1. The molecule has 126 valence electrons. The van der Waals surface area contributed by atoms with Crippen molar-refractivity contribution in [2.45, 2.75) is 96.8 Å². The average Bonchev–Trinajstić information content (AvgIpc) is 2.46. The molecule has 22 heavy (non-hydrogen) atoms. The molecule has 0 atom stereocenters. The van der Waals surface area contributed by atoms with Crippen LogP contribution in [0.5, 0.6) is 0 Å². The van der Waals surface area contributed by atoms with Crippen LogP contribution in [0.2, 0.25) is 0 Å². The van der Waals surface area contributed by atoms with Crippen molar-refractivity contribution in [3.05, 3.63) is 0 Å². The van der Waals surface area contributed by atoms with Gasteiger partial charge in [-0.15, -0.1) is 0 Å². The van der Waals surface area contributed by atoms with Crippen LogP contribution in [0.3, 0.4) is 0 Å². The van der Waals surface area contributed by atoms with Gasteiger partial charge in [-0.2, -0.15) is 0 Å². The van der Waals surface area contributed by atoms with E-state index in [1.807, 2.05) is 0 Å². The van der Waals surface area contributed by atoms with Gasteiger partial charge in [-0.3, -0.25) is 0 Å². The summed E-state index contributed by atoms with van der Waals surface area (Å²) in [6.45, 7) is 3.05. The van der Waals surface area contributed by atoms with Crippen LogP contribution in [-0.4, -0.2) is 19.1 Å². The Morgan fingerprint density at radius 3 is 1.45 bits per heavy atom. The van der Waals surface area contributed by atoms with Gasteiger partial charge in [0.2, 0.25) is 0 Å². The molecule has 0 aromatic rings. The first-order chi connectivity index (χ1) is 10.3. The van der Waals surface area contributed by atoms with Gasteiger partial charge in [0.15, 0.2) is 0 Å². The van der Waals surface area contributed by atoms with Gasteiger partial charge in [0.1, 0.15) is 0 Å². The number of hydrogen-bond donors (Lipinski definition) is 1. The number of aliphatic carboxylic acids is 1. The second kappa shape index (κ2) is 22.1. The predicted octanol–water partition coefficient (Wildman–Crippen LogP) is 0.811. The maximum atomic E-state index is 10.2. The Morgan fingerprint density at radius 1 is 0.727 bits per heavy atom. The van der Waals surface area contributed by atoms with E-state index in [9.17, 15) is 9.90 Å². The van der Waals surface area contributed by atoms with Crippen molar-refractivity contribution in [2.75, 3.05) is 13.1 Å². The van der Waals surface area contributed by atoms with Crippen LogP contribution < -0.4 is 61.8 Å². The van der Waals surface area contributed by atoms with E-state index in [0.29, 0.717) is 0 Å². The van der Waals surface area contributed by atoms with Crippen molar-refractivity contribution in [2.24, 2.45) is 0 Å². The van der Waals surface area contributed by atoms with Crippen molar-refractivity contribution in [3.63, 3.8) is 0 Å². The molecule has 0 aromatic carbocycles. The van der Waals surface area contributed by atoms with Crippen LogP contribution in [0, 0.1) is 0 Å². The van der Waals surface area contributed by atoms with Crippen LogP contribution in [-0.2, 0) is 4.79 Å². The van der Waals surface area contributed by atoms with Gasteiger partial charge in [-0.05, 0) is 13.0 Å². The van der Waals surface area contributed by atoms with Gasteiger partial charge in [0, 0.05) is 6.54 Å². The molecular weight excluding hydrogens is 301 g/mol.